The second-order valence-electron chi connectivity index (χ2n) is 4.58. The minimum absolute atomic E-state index is 0.329. The van der Waals surface area contributed by atoms with Crippen LogP contribution in [0.5, 0.6) is 0 Å². The van der Waals surface area contributed by atoms with Gasteiger partial charge in [-0.1, -0.05) is 0 Å². The molecule has 88 valence electrons. The lowest BCUT2D eigenvalue weighted by atomic mass is 9.89. The Kier molecular flexibility index (Phi) is 3.56. The summed E-state index contributed by atoms with van der Waals surface area (Å²) in [4.78, 5) is 4.33. The number of hydrogen-bond acceptors (Lipinski definition) is 3. The zero-order valence-corrected chi connectivity index (χ0v) is 9.94. The van der Waals surface area contributed by atoms with Gasteiger partial charge in [0, 0.05) is 24.6 Å². The highest BCUT2D eigenvalue weighted by Crippen LogP contribution is 2.30. The molecule has 3 heteroatoms. The maximum atomic E-state index is 10.3. The lowest BCUT2D eigenvalue weighted by molar-refractivity contribution is 0.00711. The maximum Gasteiger partial charge on any atom is 0.0821 e. The summed E-state index contributed by atoms with van der Waals surface area (Å²) in [7, 11) is 0. The van der Waals surface area contributed by atoms with E-state index in [2.05, 4.69) is 4.98 Å². The summed E-state index contributed by atoms with van der Waals surface area (Å²) in [5, 5.41) is 10.3. The summed E-state index contributed by atoms with van der Waals surface area (Å²) in [6.45, 7) is 5.47. The third-order valence-corrected chi connectivity index (χ3v) is 3.16. The molecule has 1 unspecified atom stereocenters. The summed E-state index contributed by atoms with van der Waals surface area (Å²) in [5.41, 5.74) is 2.94. The van der Waals surface area contributed by atoms with E-state index in [1.807, 2.05) is 26.0 Å². The first-order valence-corrected chi connectivity index (χ1v) is 5.88. The van der Waals surface area contributed by atoms with Gasteiger partial charge >= 0.3 is 0 Å². The normalized spacial score (nSPS) is 19.7. The standard InChI is InChI=1S/C13H19NO2/c1-9-7-12(8-10(2)14-9)13(15)11-3-5-16-6-4-11/h7-8,11,13,15H,3-6H2,1-2H3. The Hall–Kier alpha value is -0.930. The Morgan fingerprint density at radius 1 is 1.25 bits per heavy atom. The molecule has 2 rings (SSSR count). The van der Waals surface area contributed by atoms with Crippen LogP contribution in [0.4, 0.5) is 0 Å². The van der Waals surface area contributed by atoms with Gasteiger partial charge in [0.05, 0.1) is 6.10 Å². The number of aliphatic hydroxyl groups is 1. The molecule has 1 N–H and O–H groups in total. The smallest absolute Gasteiger partial charge is 0.0821 e. The molecule has 0 spiro atoms. The van der Waals surface area contributed by atoms with Crippen molar-refractivity contribution in [1.29, 1.82) is 0 Å². The molecule has 1 aromatic rings. The highest BCUT2D eigenvalue weighted by Gasteiger charge is 2.23. The molecule has 0 amide bonds. The number of aliphatic hydroxyl groups excluding tert-OH is 1. The fourth-order valence-corrected chi connectivity index (χ4v) is 2.34. The van der Waals surface area contributed by atoms with Crippen molar-refractivity contribution < 1.29 is 9.84 Å². The SMILES string of the molecule is Cc1cc(C(O)C2CCOCC2)cc(C)n1. The summed E-state index contributed by atoms with van der Waals surface area (Å²) in [5.74, 6) is 0.329. The fraction of sp³-hybridized carbons (Fsp3) is 0.615. The summed E-state index contributed by atoms with van der Waals surface area (Å²) < 4.78 is 5.31. The molecule has 2 heterocycles. The molecule has 1 saturated heterocycles. The third kappa shape index (κ3) is 2.60. The molecule has 1 aromatic heterocycles. The van der Waals surface area contributed by atoms with Crippen molar-refractivity contribution in [2.75, 3.05) is 13.2 Å². The maximum absolute atomic E-state index is 10.3. The summed E-state index contributed by atoms with van der Waals surface area (Å²) >= 11 is 0. The van der Waals surface area contributed by atoms with Gasteiger partial charge in [0.1, 0.15) is 0 Å². The van der Waals surface area contributed by atoms with Crippen LogP contribution in [0.15, 0.2) is 12.1 Å². The van der Waals surface area contributed by atoms with Crippen molar-refractivity contribution in [3.05, 3.63) is 29.1 Å². The molecule has 0 aliphatic carbocycles. The van der Waals surface area contributed by atoms with Gasteiger partial charge in [0.2, 0.25) is 0 Å². The average molecular weight is 221 g/mol. The van der Waals surface area contributed by atoms with Gasteiger partial charge in [-0.05, 0) is 50.3 Å². The van der Waals surface area contributed by atoms with E-state index in [0.717, 1.165) is 43.0 Å². The van der Waals surface area contributed by atoms with E-state index in [1.54, 1.807) is 0 Å². The van der Waals surface area contributed by atoms with E-state index in [1.165, 1.54) is 0 Å². The molecule has 1 atom stereocenters. The minimum atomic E-state index is -0.371. The molecular formula is C13H19NO2. The molecule has 3 nitrogen and oxygen atoms in total. The quantitative estimate of drug-likeness (QED) is 0.832. The number of aromatic nitrogens is 1. The Labute approximate surface area is 96.5 Å². The fourth-order valence-electron chi connectivity index (χ4n) is 2.34. The molecule has 0 saturated carbocycles. The van der Waals surface area contributed by atoms with Gasteiger partial charge in [-0.3, -0.25) is 4.98 Å². The van der Waals surface area contributed by atoms with Crippen LogP contribution in [0.2, 0.25) is 0 Å². The number of ether oxygens (including phenoxy) is 1. The van der Waals surface area contributed by atoms with Crippen molar-refractivity contribution in [2.24, 2.45) is 5.92 Å². The van der Waals surface area contributed by atoms with E-state index < -0.39 is 0 Å². The lowest BCUT2D eigenvalue weighted by Crippen LogP contribution is -2.22. The average Bonchev–Trinajstić information content (AvgIpc) is 2.28. The van der Waals surface area contributed by atoms with Crippen molar-refractivity contribution in [3.63, 3.8) is 0 Å². The monoisotopic (exact) mass is 221 g/mol. The highest BCUT2D eigenvalue weighted by molar-refractivity contribution is 5.23. The van der Waals surface area contributed by atoms with Crippen LogP contribution in [0.1, 0.15) is 35.9 Å². The third-order valence-electron chi connectivity index (χ3n) is 3.16. The van der Waals surface area contributed by atoms with E-state index in [9.17, 15) is 5.11 Å². The number of nitrogens with zero attached hydrogens (tertiary/aromatic N) is 1. The van der Waals surface area contributed by atoms with E-state index in [4.69, 9.17) is 4.74 Å². The zero-order valence-electron chi connectivity index (χ0n) is 9.94. The molecule has 16 heavy (non-hydrogen) atoms. The zero-order chi connectivity index (χ0) is 11.5. The Bertz CT molecular complexity index is 339. The van der Waals surface area contributed by atoms with Crippen molar-refractivity contribution >= 4 is 0 Å². The van der Waals surface area contributed by atoms with Gasteiger partial charge in [-0.15, -0.1) is 0 Å². The van der Waals surface area contributed by atoms with Crippen LogP contribution < -0.4 is 0 Å². The molecule has 0 aromatic carbocycles. The van der Waals surface area contributed by atoms with Crippen LogP contribution in [0, 0.1) is 19.8 Å². The first-order valence-electron chi connectivity index (χ1n) is 5.88. The van der Waals surface area contributed by atoms with E-state index in [0.29, 0.717) is 5.92 Å². The number of hydrogen-bond donors (Lipinski definition) is 1. The topological polar surface area (TPSA) is 42.4 Å². The van der Waals surface area contributed by atoms with Crippen molar-refractivity contribution in [1.82, 2.24) is 4.98 Å². The van der Waals surface area contributed by atoms with Crippen LogP contribution in [0.3, 0.4) is 0 Å². The minimum Gasteiger partial charge on any atom is -0.388 e. The van der Waals surface area contributed by atoms with Gasteiger partial charge < -0.3 is 9.84 Å². The van der Waals surface area contributed by atoms with Crippen LogP contribution in [-0.4, -0.2) is 23.3 Å². The summed E-state index contributed by atoms with van der Waals surface area (Å²) in [6, 6.07) is 3.96. The van der Waals surface area contributed by atoms with Crippen molar-refractivity contribution in [2.45, 2.75) is 32.8 Å². The predicted octanol–water partition coefficient (Wildman–Crippen LogP) is 2.16. The van der Waals surface area contributed by atoms with Gasteiger partial charge in [0.15, 0.2) is 0 Å². The van der Waals surface area contributed by atoms with Crippen LogP contribution in [-0.2, 0) is 4.74 Å². The molecule has 0 radical (unpaired) electrons. The van der Waals surface area contributed by atoms with Gasteiger partial charge in [-0.25, -0.2) is 0 Å². The van der Waals surface area contributed by atoms with Crippen LogP contribution in [0.25, 0.3) is 0 Å². The van der Waals surface area contributed by atoms with E-state index >= 15 is 0 Å². The highest BCUT2D eigenvalue weighted by atomic mass is 16.5. The van der Waals surface area contributed by atoms with Crippen molar-refractivity contribution in [3.8, 4) is 0 Å². The lowest BCUT2D eigenvalue weighted by Gasteiger charge is -2.27. The largest absolute Gasteiger partial charge is 0.388 e. The summed E-state index contributed by atoms with van der Waals surface area (Å²) in [6.07, 6.45) is 1.52. The number of rotatable bonds is 2. The first-order chi connectivity index (χ1) is 7.66. The number of pyridine rings is 1. The van der Waals surface area contributed by atoms with Crippen LogP contribution >= 0.6 is 0 Å². The molecule has 1 aliphatic rings. The molecule has 1 aliphatic heterocycles. The van der Waals surface area contributed by atoms with E-state index in [-0.39, 0.29) is 6.10 Å². The Balaban J connectivity index is 2.15. The first kappa shape index (κ1) is 11.6. The Morgan fingerprint density at radius 2 is 1.81 bits per heavy atom. The Morgan fingerprint density at radius 3 is 2.38 bits per heavy atom. The van der Waals surface area contributed by atoms with Gasteiger partial charge in [0.25, 0.3) is 0 Å². The van der Waals surface area contributed by atoms with Gasteiger partial charge in [-0.2, -0.15) is 0 Å². The predicted molar refractivity (Wildman–Crippen MR) is 62.2 cm³/mol. The number of aryl methyl sites for hydroxylation is 2. The second kappa shape index (κ2) is 4.93. The molecular weight excluding hydrogens is 202 g/mol. The second-order valence-corrected chi connectivity index (χ2v) is 4.58. The molecule has 0 bridgehead atoms. The molecule has 1 fully saturated rings.